The summed E-state index contributed by atoms with van der Waals surface area (Å²) in [5.41, 5.74) is 8.03. The second-order valence-electron chi connectivity index (χ2n) is 4.24. The summed E-state index contributed by atoms with van der Waals surface area (Å²) >= 11 is 0. The van der Waals surface area contributed by atoms with Crippen LogP contribution in [0.3, 0.4) is 0 Å². The zero-order valence-electron chi connectivity index (χ0n) is 9.99. The van der Waals surface area contributed by atoms with E-state index in [1.165, 1.54) is 0 Å². The molecule has 2 aromatic heterocycles. The molecule has 0 aliphatic heterocycles. The summed E-state index contributed by atoms with van der Waals surface area (Å²) in [6.45, 7) is 1.97. The second-order valence-corrected chi connectivity index (χ2v) is 4.24. The van der Waals surface area contributed by atoms with Gasteiger partial charge >= 0.3 is 0 Å². The fraction of sp³-hybridized carbons (Fsp3) is 0.154. The summed E-state index contributed by atoms with van der Waals surface area (Å²) in [5, 5.41) is 8.68. The number of nitrogens with zero attached hydrogens (tertiary/aromatic N) is 4. The molecule has 1 atom stereocenters. The van der Waals surface area contributed by atoms with Gasteiger partial charge in [-0.1, -0.05) is 18.2 Å². The molecule has 90 valence electrons. The van der Waals surface area contributed by atoms with E-state index >= 15 is 0 Å². The van der Waals surface area contributed by atoms with Crippen molar-refractivity contribution in [2.45, 2.75) is 13.0 Å². The Kier molecular flexibility index (Phi) is 2.53. The summed E-state index contributed by atoms with van der Waals surface area (Å²) in [6.07, 6.45) is 3.25. The predicted octanol–water partition coefficient (Wildman–Crippen LogP) is 1.84. The molecule has 5 nitrogen and oxygen atoms in total. The quantitative estimate of drug-likeness (QED) is 0.740. The van der Waals surface area contributed by atoms with Crippen LogP contribution in [-0.2, 0) is 0 Å². The minimum absolute atomic E-state index is 0.0480. The lowest BCUT2D eigenvalue weighted by Gasteiger charge is -2.12. The van der Waals surface area contributed by atoms with Gasteiger partial charge in [-0.3, -0.25) is 4.57 Å². The molecule has 0 saturated heterocycles. The molecule has 1 aromatic carbocycles. The summed E-state index contributed by atoms with van der Waals surface area (Å²) in [4.78, 5) is 4.59. The van der Waals surface area contributed by atoms with Gasteiger partial charge in [0.25, 0.3) is 0 Å². The van der Waals surface area contributed by atoms with Crippen LogP contribution in [0.5, 0.6) is 0 Å². The van der Waals surface area contributed by atoms with Crippen molar-refractivity contribution < 1.29 is 0 Å². The normalized spacial score (nSPS) is 12.8. The average Bonchev–Trinajstić information content (AvgIpc) is 2.91. The Morgan fingerprint density at radius 1 is 1.17 bits per heavy atom. The monoisotopic (exact) mass is 239 g/mol. The van der Waals surface area contributed by atoms with Gasteiger partial charge < -0.3 is 5.73 Å². The molecule has 0 spiro atoms. The van der Waals surface area contributed by atoms with Gasteiger partial charge in [-0.05, 0) is 24.6 Å². The lowest BCUT2D eigenvalue weighted by atomic mass is 10.0. The van der Waals surface area contributed by atoms with Gasteiger partial charge in [-0.25, -0.2) is 4.98 Å². The van der Waals surface area contributed by atoms with Gasteiger partial charge in [-0.15, -0.1) is 10.2 Å². The summed E-state index contributed by atoms with van der Waals surface area (Å²) in [6, 6.07) is 9.92. The topological polar surface area (TPSA) is 69.6 Å². The Morgan fingerprint density at radius 3 is 2.61 bits per heavy atom. The van der Waals surface area contributed by atoms with Gasteiger partial charge in [0.15, 0.2) is 0 Å². The molecule has 0 amide bonds. The first-order valence-electron chi connectivity index (χ1n) is 5.76. The maximum absolute atomic E-state index is 6.03. The number of para-hydroxylation sites is 1. The van der Waals surface area contributed by atoms with E-state index in [0.717, 1.165) is 22.3 Å². The first-order valence-corrected chi connectivity index (χ1v) is 5.76. The molecule has 0 aliphatic carbocycles. The van der Waals surface area contributed by atoms with Gasteiger partial charge in [-0.2, -0.15) is 0 Å². The van der Waals surface area contributed by atoms with E-state index in [2.05, 4.69) is 15.2 Å². The highest BCUT2D eigenvalue weighted by Crippen LogP contribution is 2.24. The Morgan fingerprint density at radius 2 is 1.89 bits per heavy atom. The fourth-order valence-electron chi connectivity index (χ4n) is 2.02. The smallest absolute Gasteiger partial charge is 0.140 e. The van der Waals surface area contributed by atoms with Crippen molar-refractivity contribution in [1.82, 2.24) is 19.7 Å². The fourth-order valence-corrected chi connectivity index (χ4v) is 2.02. The Hall–Kier alpha value is -2.27. The van der Waals surface area contributed by atoms with Crippen LogP contribution >= 0.6 is 0 Å². The Bertz CT molecular complexity index is 673. The highest BCUT2D eigenvalue weighted by atomic mass is 15.2. The third-order valence-corrected chi connectivity index (χ3v) is 2.91. The third-order valence-electron chi connectivity index (χ3n) is 2.91. The Labute approximate surface area is 104 Å². The van der Waals surface area contributed by atoms with Crippen molar-refractivity contribution in [3.63, 3.8) is 0 Å². The number of benzene rings is 1. The van der Waals surface area contributed by atoms with Crippen LogP contribution in [0.25, 0.3) is 16.7 Å². The van der Waals surface area contributed by atoms with E-state index in [1.807, 2.05) is 37.3 Å². The molecule has 3 rings (SSSR count). The molecular formula is C13H13N5. The molecule has 0 fully saturated rings. The minimum Gasteiger partial charge on any atom is -0.324 e. The van der Waals surface area contributed by atoms with Crippen LogP contribution in [-0.4, -0.2) is 19.7 Å². The lowest BCUT2D eigenvalue weighted by Crippen LogP contribution is -2.08. The number of hydrogen-bond acceptors (Lipinski definition) is 4. The van der Waals surface area contributed by atoms with Crippen LogP contribution in [0, 0.1) is 0 Å². The number of hydrogen-bond donors (Lipinski definition) is 1. The molecule has 0 unspecified atom stereocenters. The Balaban J connectivity index is 2.30. The maximum Gasteiger partial charge on any atom is 0.140 e. The molecule has 3 aromatic rings. The SMILES string of the molecule is C[C@@H](N)c1cc(-n2cnnc2)nc2ccccc12. The molecule has 2 N–H and O–H groups in total. The summed E-state index contributed by atoms with van der Waals surface area (Å²) in [5.74, 6) is 0.783. The van der Waals surface area contributed by atoms with Crippen molar-refractivity contribution in [2.24, 2.45) is 5.73 Å². The first-order chi connectivity index (χ1) is 8.75. The van der Waals surface area contributed by atoms with E-state index in [1.54, 1.807) is 17.2 Å². The van der Waals surface area contributed by atoms with E-state index in [4.69, 9.17) is 5.73 Å². The highest BCUT2D eigenvalue weighted by molar-refractivity contribution is 5.83. The van der Waals surface area contributed by atoms with Crippen LogP contribution in [0.4, 0.5) is 0 Å². The van der Waals surface area contributed by atoms with Gasteiger partial charge in [0.2, 0.25) is 0 Å². The van der Waals surface area contributed by atoms with Crippen LogP contribution in [0.1, 0.15) is 18.5 Å². The molecule has 0 radical (unpaired) electrons. The molecule has 0 aliphatic rings. The number of pyridine rings is 1. The van der Waals surface area contributed by atoms with E-state index in [-0.39, 0.29) is 6.04 Å². The van der Waals surface area contributed by atoms with Crippen molar-refractivity contribution in [1.29, 1.82) is 0 Å². The standard InChI is InChI=1S/C13H13N5/c1-9(14)11-6-13(18-7-15-16-8-18)17-12-5-3-2-4-10(11)12/h2-9H,14H2,1H3/t9-/m1/s1. The maximum atomic E-state index is 6.03. The van der Waals surface area contributed by atoms with E-state index < -0.39 is 0 Å². The predicted molar refractivity (Wildman–Crippen MR) is 69.3 cm³/mol. The number of nitrogens with two attached hydrogens (primary N) is 1. The number of fused-ring (bicyclic) bond motifs is 1. The zero-order valence-corrected chi connectivity index (χ0v) is 9.99. The average molecular weight is 239 g/mol. The molecule has 18 heavy (non-hydrogen) atoms. The summed E-state index contributed by atoms with van der Waals surface area (Å²) in [7, 11) is 0. The minimum atomic E-state index is -0.0480. The number of rotatable bonds is 2. The third kappa shape index (κ3) is 1.74. The van der Waals surface area contributed by atoms with Crippen molar-refractivity contribution in [3.8, 4) is 5.82 Å². The number of aromatic nitrogens is 4. The highest BCUT2D eigenvalue weighted by Gasteiger charge is 2.09. The molecular weight excluding hydrogens is 226 g/mol. The van der Waals surface area contributed by atoms with Gasteiger partial charge in [0.05, 0.1) is 5.52 Å². The van der Waals surface area contributed by atoms with E-state index in [0.29, 0.717) is 0 Å². The van der Waals surface area contributed by atoms with Crippen LogP contribution in [0.2, 0.25) is 0 Å². The van der Waals surface area contributed by atoms with Crippen LogP contribution < -0.4 is 5.73 Å². The van der Waals surface area contributed by atoms with Gasteiger partial charge in [0.1, 0.15) is 18.5 Å². The van der Waals surface area contributed by atoms with Crippen molar-refractivity contribution in [2.75, 3.05) is 0 Å². The largest absolute Gasteiger partial charge is 0.324 e. The summed E-state index contributed by atoms with van der Waals surface area (Å²) < 4.78 is 1.78. The van der Waals surface area contributed by atoms with Crippen molar-refractivity contribution in [3.05, 3.63) is 48.5 Å². The van der Waals surface area contributed by atoms with E-state index in [9.17, 15) is 0 Å². The molecule has 5 heteroatoms. The lowest BCUT2D eigenvalue weighted by molar-refractivity contribution is 0.821. The first kappa shape index (κ1) is 10.9. The van der Waals surface area contributed by atoms with Crippen molar-refractivity contribution >= 4 is 10.9 Å². The second kappa shape index (κ2) is 4.19. The van der Waals surface area contributed by atoms with Gasteiger partial charge in [0, 0.05) is 11.4 Å². The zero-order chi connectivity index (χ0) is 12.5. The van der Waals surface area contributed by atoms with Crippen LogP contribution in [0.15, 0.2) is 43.0 Å². The molecule has 2 heterocycles. The molecule has 0 saturated carbocycles. The molecule has 0 bridgehead atoms.